The van der Waals surface area contributed by atoms with Crippen LogP contribution in [0.1, 0.15) is 29.7 Å². The molecule has 0 amide bonds. The van der Waals surface area contributed by atoms with Gasteiger partial charge in [0.05, 0.1) is 17.6 Å². The van der Waals surface area contributed by atoms with Crippen molar-refractivity contribution in [1.29, 1.82) is 5.41 Å². The molecule has 30 heavy (non-hydrogen) atoms. The molecule has 1 saturated carbocycles. The second kappa shape index (κ2) is 7.26. The molecule has 1 aliphatic carbocycles. The van der Waals surface area contributed by atoms with E-state index in [2.05, 4.69) is 15.3 Å². The van der Waals surface area contributed by atoms with Crippen LogP contribution in [0.3, 0.4) is 0 Å². The summed E-state index contributed by atoms with van der Waals surface area (Å²) in [6.07, 6.45) is 14.5. The lowest BCUT2D eigenvalue weighted by Gasteiger charge is -2.10. The second-order valence-corrected chi connectivity index (χ2v) is 7.79. The molecule has 7 nitrogen and oxygen atoms in total. The van der Waals surface area contributed by atoms with E-state index in [4.69, 9.17) is 5.41 Å². The molecule has 0 aliphatic heterocycles. The average Bonchev–Trinajstić information content (AvgIpc) is 3.49. The fraction of sp³-hybridized carbons (Fsp3) is 0.217. The zero-order valence-corrected chi connectivity index (χ0v) is 16.7. The van der Waals surface area contributed by atoms with Crippen LogP contribution in [0.5, 0.6) is 0 Å². The number of hydrogen-bond donors (Lipinski definition) is 2. The topological polar surface area (TPSA) is 88.1 Å². The molecule has 0 unspecified atom stereocenters. The first-order valence-corrected chi connectivity index (χ1v) is 10.0. The van der Waals surface area contributed by atoms with Crippen LogP contribution in [0.15, 0.2) is 60.2 Å². The summed E-state index contributed by atoms with van der Waals surface area (Å²) in [4.78, 5) is 22.0. The van der Waals surface area contributed by atoms with Gasteiger partial charge in [-0.1, -0.05) is 6.07 Å². The van der Waals surface area contributed by atoms with Gasteiger partial charge in [0, 0.05) is 60.6 Å². The number of fused-ring (bicyclic) bond motifs is 2. The predicted octanol–water partition coefficient (Wildman–Crippen LogP) is 3.14. The molecule has 0 saturated heterocycles. The number of rotatable bonds is 6. The number of nitrogens with zero attached hydrogens (tertiary/aromatic N) is 4. The second-order valence-electron chi connectivity index (χ2n) is 7.79. The standard InChI is InChI=1S/C23H22N6O/c1-15-2-5-22-27-18(14-29(22)12-15)13-28-7-6-19-20(10-25-11-21(19)23(28)30)16(8-24)9-26-17-3-4-17/h2,5-12,14,17,24,26H,3-4,13H2,1H3/b16-9+,24-8?. The van der Waals surface area contributed by atoms with E-state index < -0.39 is 0 Å². The van der Waals surface area contributed by atoms with Gasteiger partial charge in [0.15, 0.2) is 0 Å². The van der Waals surface area contributed by atoms with Crippen molar-refractivity contribution in [2.45, 2.75) is 32.4 Å². The van der Waals surface area contributed by atoms with E-state index in [-0.39, 0.29) is 5.56 Å². The quantitative estimate of drug-likeness (QED) is 0.489. The maximum atomic E-state index is 13.1. The Morgan fingerprint density at radius 1 is 1.23 bits per heavy atom. The summed E-state index contributed by atoms with van der Waals surface area (Å²) < 4.78 is 3.63. The van der Waals surface area contributed by atoms with Gasteiger partial charge in [0.25, 0.3) is 5.56 Å². The van der Waals surface area contributed by atoms with Crippen molar-refractivity contribution < 1.29 is 0 Å². The van der Waals surface area contributed by atoms with E-state index in [1.165, 1.54) is 6.21 Å². The molecule has 2 N–H and O–H groups in total. The molecule has 4 aromatic heterocycles. The maximum absolute atomic E-state index is 13.1. The molecule has 0 radical (unpaired) electrons. The normalized spacial score (nSPS) is 14.4. The van der Waals surface area contributed by atoms with Crippen LogP contribution < -0.4 is 10.9 Å². The summed E-state index contributed by atoms with van der Waals surface area (Å²) >= 11 is 0. The number of pyridine rings is 3. The minimum absolute atomic E-state index is 0.116. The fourth-order valence-corrected chi connectivity index (χ4v) is 3.62. The molecule has 7 heteroatoms. The van der Waals surface area contributed by atoms with Gasteiger partial charge in [0.2, 0.25) is 0 Å². The van der Waals surface area contributed by atoms with Crippen LogP contribution in [-0.2, 0) is 6.54 Å². The summed E-state index contributed by atoms with van der Waals surface area (Å²) in [5.41, 5.74) is 4.21. The minimum Gasteiger partial charge on any atom is -0.388 e. The van der Waals surface area contributed by atoms with E-state index in [9.17, 15) is 4.79 Å². The molecule has 1 fully saturated rings. The van der Waals surface area contributed by atoms with Gasteiger partial charge in [-0.3, -0.25) is 9.78 Å². The third-order valence-electron chi connectivity index (χ3n) is 5.40. The number of aryl methyl sites for hydroxylation is 1. The average molecular weight is 398 g/mol. The van der Waals surface area contributed by atoms with Crippen molar-refractivity contribution in [2.24, 2.45) is 0 Å². The van der Waals surface area contributed by atoms with E-state index in [1.54, 1.807) is 23.2 Å². The number of hydrogen-bond acceptors (Lipinski definition) is 5. The largest absolute Gasteiger partial charge is 0.388 e. The molecule has 0 spiro atoms. The monoisotopic (exact) mass is 398 g/mol. The van der Waals surface area contributed by atoms with Crippen LogP contribution in [0, 0.1) is 12.3 Å². The molecule has 0 bridgehead atoms. The van der Waals surface area contributed by atoms with Gasteiger partial charge in [-0.15, -0.1) is 0 Å². The summed E-state index contributed by atoms with van der Waals surface area (Å²) in [5.74, 6) is 0. The van der Waals surface area contributed by atoms with Crippen LogP contribution in [-0.4, -0.2) is 31.2 Å². The Labute approximate surface area is 173 Å². The highest BCUT2D eigenvalue weighted by Gasteiger charge is 2.19. The lowest BCUT2D eigenvalue weighted by molar-refractivity contribution is 0.752. The first-order chi connectivity index (χ1) is 14.6. The first-order valence-electron chi connectivity index (χ1n) is 10.0. The summed E-state index contributed by atoms with van der Waals surface area (Å²) in [6.45, 7) is 2.42. The van der Waals surface area contributed by atoms with Crippen molar-refractivity contribution in [3.63, 3.8) is 0 Å². The molecule has 4 heterocycles. The molecule has 5 rings (SSSR count). The number of aromatic nitrogens is 4. The van der Waals surface area contributed by atoms with Gasteiger partial charge >= 0.3 is 0 Å². The Balaban J connectivity index is 1.52. The van der Waals surface area contributed by atoms with Crippen LogP contribution in [0.25, 0.3) is 22.0 Å². The zero-order valence-electron chi connectivity index (χ0n) is 16.7. The van der Waals surface area contributed by atoms with Crippen molar-refractivity contribution in [3.8, 4) is 0 Å². The smallest absolute Gasteiger partial charge is 0.260 e. The van der Waals surface area contributed by atoms with E-state index >= 15 is 0 Å². The highest BCUT2D eigenvalue weighted by atomic mass is 16.1. The number of allylic oxidation sites excluding steroid dienone is 1. The summed E-state index contributed by atoms with van der Waals surface area (Å²) in [5, 5.41) is 12.4. The third-order valence-corrected chi connectivity index (χ3v) is 5.40. The van der Waals surface area contributed by atoms with E-state index in [0.29, 0.717) is 23.5 Å². The van der Waals surface area contributed by atoms with Crippen LogP contribution in [0.4, 0.5) is 0 Å². The lowest BCUT2D eigenvalue weighted by Crippen LogP contribution is -2.20. The minimum atomic E-state index is -0.116. The fourth-order valence-electron chi connectivity index (χ4n) is 3.62. The molecule has 0 aromatic carbocycles. The Hall–Kier alpha value is -3.74. The van der Waals surface area contributed by atoms with Gasteiger partial charge < -0.3 is 19.7 Å². The van der Waals surface area contributed by atoms with Crippen molar-refractivity contribution >= 4 is 28.2 Å². The lowest BCUT2D eigenvalue weighted by atomic mass is 10.0. The number of imidazole rings is 1. The molecule has 150 valence electrons. The Bertz CT molecular complexity index is 1360. The van der Waals surface area contributed by atoms with Gasteiger partial charge in [0.1, 0.15) is 5.65 Å². The Kier molecular flexibility index (Phi) is 4.43. The highest BCUT2D eigenvalue weighted by molar-refractivity contribution is 6.13. The van der Waals surface area contributed by atoms with Crippen molar-refractivity contribution in [3.05, 3.63) is 82.6 Å². The van der Waals surface area contributed by atoms with Crippen LogP contribution >= 0.6 is 0 Å². The van der Waals surface area contributed by atoms with Crippen molar-refractivity contribution in [1.82, 2.24) is 24.3 Å². The third kappa shape index (κ3) is 3.39. The van der Waals surface area contributed by atoms with Crippen molar-refractivity contribution in [2.75, 3.05) is 0 Å². The van der Waals surface area contributed by atoms with Crippen LogP contribution in [0.2, 0.25) is 0 Å². The highest BCUT2D eigenvalue weighted by Crippen LogP contribution is 2.23. The summed E-state index contributed by atoms with van der Waals surface area (Å²) in [7, 11) is 0. The molecule has 0 atom stereocenters. The molecule has 1 aliphatic rings. The molecular formula is C23H22N6O. The SMILES string of the molecule is Cc1ccc2nc(Cn3ccc4c(/C(C=N)=C/NC5CC5)cncc4c3=O)cn2c1. The Morgan fingerprint density at radius 3 is 2.90 bits per heavy atom. The summed E-state index contributed by atoms with van der Waals surface area (Å²) in [6, 6.07) is 6.41. The number of nitrogens with one attached hydrogen (secondary N) is 2. The Morgan fingerprint density at radius 2 is 2.10 bits per heavy atom. The van der Waals surface area contributed by atoms with E-state index in [0.717, 1.165) is 40.7 Å². The van der Waals surface area contributed by atoms with Gasteiger partial charge in [-0.25, -0.2) is 4.98 Å². The zero-order chi connectivity index (χ0) is 20.7. The predicted molar refractivity (Wildman–Crippen MR) is 118 cm³/mol. The van der Waals surface area contributed by atoms with E-state index in [1.807, 2.05) is 48.1 Å². The van der Waals surface area contributed by atoms with Gasteiger partial charge in [-0.2, -0.15) is 0 Å². The molecular weight excluding hydrogens is 376 g/mol. The first kappa shape index (κ1) is 18.3. The maximum Gasteiger partial charge on any atom is 0.260 e. The van der Waals surface area contributed by atoms with Gasteiger partial charge in [-0.05, 0) is 42.8 Å². The molecule has 4 aromatic rings.